The summed E-state index contributed by atoms with van der Waals surface area (Å²) < 4.78 is 45.3. The Labute approximate surface area is 114 Å². The Balaban J connectivity index is 2.13. The maximum atomic E-state index is 13.6. The largest absolute Gasteiger partial charge is 0.441 e. The van der Waals surface area contributed by atoms with E-state index in [1.165, 1.54) is 6.20 Å². The van der Waals surface area contributed by atoms with Gasteiger partial charge in [-0.1, -0.05) is 6.92 Å². The molecule has 1 N–H and O–H groups in total. The molecule has 0 aliphatic rings. The van der Waals surface area contributed by atoms with Crippen molar-refractivity contribution in [3.63, 3.8) is 0 Å². The summed E-state index contributed by atoms with van der Waals surface area (Å²) in [5.41, 5.74) is -0.392. The zero-order valence-corrected chi connectivity index (χ0v) is 11.0. The molecule has 0 unspecified atom stereocenters. The Morgan fingerprint density at radius 3 is 2.55 bits per heavy atom. The molecule has 0 amide bonds. The highest BCUT2D eigenvalue weighted by Crippen LogP contribution is 2.27. The molecule has 2 rings (SSSR count). The van der Waals surface area contributed by atoms with Crippen molar-refractivity contribution in [2.24, 2.45) is 0 Å². The Bertz CT molecular complexity index is 561. The summed E-state index contributed by atoms with van der Waals surface area (Å²) in [7, 11) is 0. The van der Waals surface area contributed by atoms with E-state index in [0.29, 0.717) is 24.4 Å². The number of rotatable bonds is 6. The average molecular weight is 284 g/mol. The van der Waals surface area contributed by atoms with Crippen LogP contribution in [0.2, 0.25) is 0 Å². The van der Waals surface area contributed by atoms with Crippen LogP contribution in [0.1, 0.15) is 19.2 Å². The first-order chi connectivity index (χ1) is 9.61. The molecule has 108 valence electrons. The Morgan fingerprint density at radius 2 is 1.90 bits per heavy atom. The van der Waals surface area contributed by atoms with Crippen LogP contribution < -0.4 is 5.32 Å². The number of oxazole rings is 1. The minimum absolute atomic E-state index is 0.0292. The molecule has 1 heterocycles. The van der Waals surface area contributed by atoms with Crippen LogP contribution in [-0.4, -0.2) is 18.1 Å². The van der Waals surface area contributed by atoms with E-state index in [0.717, 1.165) is 19.5 Å². The normalized spacial score (nSPS) is 11.0. The van der Waals surface area contributed by atoms with Gasteiger partial charge in [0.2, 0.25) is 0 Å². The van der Waals surface area contributed by atoms with Crippen molar-refractivity contribution >= 4 is 0 Å². The summed E-state index contributed by atoms with van der Waals surface area (Å²) >= 11 is 0. The fourth-order valence-corrected chi connectivity index (χ4v) is 1.86. The number of nitrogens with one attached hydrogen (secondary N) is 1. The number of hydrogen-bond donors (Lipinski definition) is 1. The van der Waals surface area contributed by atoms with Crippen LogP contribution in [0, 0.1) is 17.5 Å². The summed E-state index contributed by atoms with van der Waals surface area (Å²) in [6, 6.07) is 1.23. The monoisotopic (exact) mass is 284 g/mol. The minimum Gasteiger partial charge on any atom is -0.441 e. The molecule has 0 atom stereocenters. The smallest absolute Gasteiger partial charge is 0.194 e. The number of benzene rings is 1. The van der Waals surface area contributed by atoms with Crippen molar-refractivity contribution in [3.8, 4) is 11.3 Å². The van der Waals surface area contributed by atoms with Gasteiger partial charge in [-0.2, -0.15) is 0 Å². The summed E-state index contributed by atoms with van der Waals surface area (Å²) in [6.07, 6.45) is 2.63. The van der Waals surface area contributed by atoms with E-state index < -0.39 is 23.0 Å². The SMILES string of the molecule is CCNCCCc1ncc(-c2c(F)cc(F)cc2F)o1. The van der Waals surface area contributed by atoms with Gasteiger partial charge in [0.25, 0.3) is 0 Å². The second kappa shape index (κ2) is 6.56. The zero-order valence-electron chi connectivity index (χ0n) is 11.0. The van der Waals surface area contributed by atoms with Crippen LogP contribution in [-0.2, 0) is 6.42 Å². The number of aromatic nitrogens is 1. The van der Waals surface area contributed by atoms with Gasteiger partial charge in [-0.3, -0.25) is 0 Å². The summed E-state index contributed by atoms with van der Waals surface area (Å²) in [5.74, 6) is -2.59. The lowest BCUT2D eigenvalue weighted by molar-refractivity contribution is 0.482. The number of halogens is 3. The van der Waals surface area contributed by atoms with Gasteiger partial charge in [0.05, 0.1) is 11.8 Å². The van der Waals surface area contributed by atoms with Crippen molar-refractivity contribution < 1.29 is 17.6 Å². The Hall–Kier alpha value is -1.82. The lowest BCUT2D eigenvalue weighted by Gasteiger charge is -2.01. The van der Waals surface area contributed by atoms with Crippen LogP contribution in [0.5, 0.6) is 0 Å². The maximum Gasteiger partial charge on any atom is 0.194 e. The van der Waals surface area contributed by atoms with E-state index in [4.69, 9.17) is 4.42 Å². The Morgan fingerprint density at radius 1 is 1.20 bits per heavy atom. The van der Waals surface area contributed by atoms with Crippen molar-refractivity contribution in [2.75, 3.05) is 13.1 Å². The molecule has 2 aromatic rings. The summed E-state index contributed by atoms with van der Waals surface area (Å²) in [5, 5.41) is 3.15. The van der Waals surface area contributed by atoms with E-state index >= 15 is 0 Å². The van der Waals surface area contributed by atoms with Crippen LogP contribution in [0.25, 0.3) is 11.3 Å². The third-order valence-electron chi connectivity index (χ3n) is 2.80. The van der Waals surface area contributed by atoms with Gasteiger partial charge >= 0.3 is 0 Å². The van der Waals surface area contributed by atoms with Crippen LogP contribution in [0.15, 0.2) is 22.7 Å². The molecule has 0 radical (unpaired) electrons. The summed E-state index contributed by atoms with van der Waals surface area (Å²) in [4.78, 5) is 3.97. The highest BCUT2D eigenvalue weighted by molar-refractivity contribution is 5.58. The predicted molar refractivity (Wildman–Crippen MR) is 68.7 cm³/mol. The minimum atomic E-state index is -1.00. The average Bonchev–Trinajstić information content (AvgIpc) is 2.82. The molecule has 1 aromatic carbocycles. The molecule has 6 heteroatoms. The maximum absolute atomic E-state index is 13.6. The molecule has 0 saturated heterocycles. The van der Waals surface area contributed by atoms with E-state index in [1.54, 1.807) is 0 Å². The first-order valence-electron chi connectivity index (χ1n) is 6.42. The topological polar surface area (TPSA) is 38.1 Å². The lowest BCUT2D eigenvalue weighted by atomic mass is 10.1. The molecule has 0 aliphatic heterocycles. The quantitative estimate of drug-likeness (QED) is 0.827. The van der Waals surface area contributed by atoms with Crippen molar-refractivity contribution in [1.29, 1.82) is 0 Å². The number of hydrogen-bond acceptors (Lipinski definition) is 3. The zero-order chi connectivity index (χ0) is 14.5. The van der Waals surface area contributed by atoms with Gasteiger partial charge in [-0.25, -0.2) is 18.2 Å². The number of nitrogens with zero attached hydrogens (tertiary/aromatic N) is 1. The molecule has 3 nitrogen and oxygen atoms in total. The highest BCUT2D eigenvalue weighted by Gasteiger charge is 2.17. The van der Waals surface area contributed by atoms with Crippen molar-refractivity contribution in [3.05, 3.63) is 41.7 Å². The molecule has 20 heavy (non-hydrogen) atoms. The lowest BCUT2D eigenvalue weighted by Crippen LogP contribution is -2.14. The van der Waals surface area contributed by atoms with E-state index in [-0.39, 0.29) is 5.76 Å². The molecule has 1 aromatic heterocycles. The third-order valence-corrected chi connectivity index (χ3v) is 2.80. The first kappa shape index (κ1) is 14.6. The van der Waals surface area contributed by atoms with Crippen molar-refractivity contribution in [2.45, 2.75) is 19.8 Å². The highest BCUT2D eigenvalue weighted by atomic mass is 19.1. The second-order valence-electron chi connectivity index (χ2n) is 4.32. The van der Waals surface area contributed by atoms with Crippen LogP contribution in [0.4, 0.5) is 13.2 Å². The molecule has 0 aliphatic carbocycles. The molecule has 0 spiro atoms. The standard InChI is InChI=1S/C14H15F3N2O/c1-2-18-5-3-4-13-19-8-12(20-13)14-10(16)6-9(15)7-11(14)17/h6-8,18H,2-5H2,1H3. The molecule has 0 saturated carbocycles. The fourth-order valence-electron chi connectivity index (χ4n) is 1.86. The Kier molecular flexibility index (Phi) is 4.79. The van der Waals surface area contributed by atoms with Gasteiger partial charge in [-0.15, -0.1) is 0 Å². The predicted octanol–water partition coefficient (Wildman–Crippen LogP) is 3.30. The van der Waals surface area contributed by atoms with Gasteiger partial charge < -0.3 is 9.73 Å². The second-order valence-corrected chi connectivity index (χ2v) is 4.32. The molecular formula is C14H15F3N2O. The molecular weight excluding hydrogens is 269 g/mol. The van der Waals surface area contributed by atoms with E-state index in [2.05, 4.69) is 10.3 Å². The van der Waals surface area contributed by atoms with Crippen LogP contribution in [0.3, 0.4) is 0 Å². The van der Waals surface area contributed by atoms with E-state index in [9.17, 15) is 13.2 Å². The first-order valence-corrected chi connectivity index (χ1v) is 6.42. The van der Waals surface area contributed by atoms with E-state index in [1.807, 2.05) is 6.92 Å². The molecule has 0 fully saturated rings. The van der Waals surface area contributed by atoms with Gasteiger partial charge in [0.15, 0.2) is 11.7 Å². The fraction of sp³-hybridized carbons (Fsp3) is 0.357. The third kappa shape index (κ3) is 3.39. The van der Waals surface area contributed by atoms with Gasteiger partial charge in [0.1, 0.15) is 17.5 Å². The van der Waals surface area contributed by atoms with Gasteiger partial charge in [0, 0.05) is 18.6 Å². The summed E-state index contributed by atoms with van der Waals surface area (Å²) in [6.45, 7) is 3.69. The van der Waals surface area contributed by atoms with Crippen LogP contribution >= 0.6 is 0 Å². The number of aryl methyl sites for hydroxylation is 1. The van der Waals surface area contributed by atoms with Gasteiger partial charge in [-0.05, 0) is 19.5 Å². The van der Waals surface area contributed by atoms with Crippen molar-refractivity contribution in [1.82, 2.24) is 10.3 Å². The molecule has 0 bridgehead atoms.